The molecule has 2 aliphatic rings. The van der Waals surface area contributed by atoms with Crippen LogP contribution in [-0.4, -0.2) is 46.0 Å². The van der Waals surface area contributed by atoms with Crippen LogP contribution in [0.25, 0.3) is 0 Å². The zero-order chi connectivity index (χ0) is 12.0. The Morgan fingerprint density at radius 3 is 1.50 bits per heavy atom. The summed E-state index contributed by atoms with van der Waals surface area (Å²) in [6, 6.07) is -1.23. The summed E-state index contributed by atoms with van der Waals surface area (Å²) in [5.41, 5.74) is 0. The molecule has 8 heteroatoms. The number of fused-ring (bicyclic) bond motifs is 1. The van der Waals surface area contributed by atoms with Crippen molar-refractivity contribution in [1.82, 2.24) is 20.4 Å². The third kappa shape index (κ3) is 1.23. The second kappa shape index (κ2) is 3.19. The quantitative estimate of drug-likeness (QED) is 0.541. The molecule has 0 aromatic heterocycles. The predicted octanol–water partition coefficient (Wildman–Crippen LogP) is -1.22. The van der Waals surface area contributed by atoms with Gasteiger partial charge in [0.1, 0.15) is 0 Å². The predicted molar refractivity (Wildman–Crippen MR) is 49.7 cm³/mol. The van der Waals surface area contributed by atoms with Gasteiger partial charge >= 0.3 is 12.1 Å². The van der Waals surface area contributed by atoms with Gasteiger partial charge in [0.15, 0.2) is 12.3 Å². The van der Waals surface area contributed by atoms with Crippen molar-refractivity contribution in [2.75, 3.05) is 0 Å². The molecule has 2 saturated heterocycles. The summed E-state index contributed by atoms with van der Waals surface area (Å²) in [5.74, 6) is -0.980. The Labute approximate surface area is 90.5 Å². The largest absolute Gasteiger partial charge is 0.327 e. The summed E-state index contributed by atoms with van der Waals surface area (Å²) in [7, 11) is 0. The van der Waals surface area contributed by atoms with Gasteiger partial charge in [-0.05, 0) is 0 Å². The second-order valence-corrected chi connectivity index (χ2v) is 3.57. The molecule has 0 aliphatic carbocycles. The number of urea groups is 2. The van der Waals surface area contributed by atoms with Crippen LogP contribution in [0.5, 0.6) is 0 Å². The number of hydrogen-bond acceptors (Lipinski definition) is 4. The van der Waals surface area contributed by atoms with Crippen molar-refractivity contribution >= 4 is 23.9 Å². The van der Waals surface area contributed by atoms with Crippen LogP contribution >= 0.6 is 0 Å². The zero-order valence-corrected chi connectivity index (χ0v) is 8.68. The van der Waals surface area contributed by atoms with E-state index >= 15 is 0 Å². The van der Waals surface area contributed by atoms with Crippen molar-refractivity contribution in [3.63, 3.8) is 0 Å². The van der Waals surface area contributed by atoms with E-state index in [0.717, 1.165) is 9.80 Å². The molecule has 16 heavy (non-hydrogen) atoms. The molecule has 0 spiro atoms. The average molecular weight is 226 g/mol. The number of hydrogen-bond donors (Lipinski definition) is 2. The molecule has 0 radical (unpaired) electrons. The fourth-order valence-electron chi connectivity index (χ4n) is 1.89. The van der Waals surface area contributed by atoms with Crippen molar-refractivity contribution in [3.05, 3.63) is 0 Å². The standard InChI is InChI=1S/C8H10N4O4/c1-3(13)11-5-6(10-7(11)15)12(4(2)14)8(16)9-5/h5-6H,1-2H3,(H,9,16)(H,10,15)/t5-,6-/m0/s1. The molecule has 0 bridgehead atoms. The van der Waals surface area contributed by atoms with E-state index in [4.69, 9.17) is 0 Å². The fraction of sp³-hybridized carbons (Fsp3) is 0.500. The van der Waals surface area contributed by atoms with Crippen LogP contribution in [0, 0.1) is 0 Å². The van der Waals surface area contributed by atoms with Gasteiger partial charge in [0, 0.05) is 13.8 Å². The van der Waals surface area contributed by atoms with E-state index in [1.807, 2.05) is 0 Å². The molecule has 2 heterocycles. The van der Waals surface area contributed by atoms with Crippen LogP contribution < -0.4 is 10.6 Å². The lowest BCUT2D eigenvalue weighted by Gasteiger charge is -2.17. The normalized spacial score (nSPS) is 27.6. The van der Waals surface area contributed by atoms with Crippen LogP contribution in [0.1, 0.15) is 13.8 Å². The molecule has 2 fully saturated rings. The van der Waals surface area contributed by atoms with E-state index in [0.29, 0.717) is 0 Å². The maximum atomic E-state index is 11.4. The van der Waals surface area contributed by atoms with E-state index in [1.54, 1.807) is 0 Å². The minimum absolute atomic E-state index is 0.490. The van der Waals surface area contributed by atoms with E-state index < -0.39 is 36.2 Å². The molecular formula is C8H10N4O4. The summed E-state index contributed by atoms with van der Waals surface area (Å²) in [4.78, 5) is 47.0. The van der Waals surface area contributed by atoms with Crippen molar-refractivity contribution < 1.29 is 19.2 Å². The number of nitrogens with zero attached hydrogens (tertiary/aromatic N) is 2. The molecular weight excluding hydrogens is 216 g/mol. The maximum absolute atomic E-state index is 11.4. The SMILES string of the molecule is CC(=O)N1C(=O)N[C@@H]2[C@H]1NC(=O)N2C(C)=O. The van der Waals surface area contributed by atoms with Gasteiger partial charge in [0.25, 0.3) is 0 Å². The smallest absolute Gasteiger partial charge is 0.313 e. The first-order valence-electron chi connectivity index (χ1n) is 4.64. The van der Waals surface area contributed by atoms with Crippen molar-refractivity contribution in [2.24, 2.45) is 0 Å². The topological polar surface area (TPSA) is 98.8 Å². The number of rotatable bonds is 0. The molecule has 2 atom stereocenters. The van der Waals surface area contributed by atoms with E-state index in [-0.39, 0.29) is 0 Å². The van der Waals surface area contributed by atoms with Crippen molar-refractivity contribution in [2.45, 2.75) is 26.2 Å². The van der Waals surface area contributed by atoms with Crippen LogP contribution in [0.3, 0.4) is 0 Å². The Hall–Kier alpha value is -2.12. The highest BCUT2D eigenvalue weighted by molar-refractivity contribution is 6.01. The lowest BCUT2D eigenvalue weighted by molar-refractivity contribution is -0.130. The first kappa shape index (κ1) is 10.4. The van der Waals surface area contributed by atoms with Gasteiger partial charge in [0.05, 0.1) is 0 Å². The molecule has 0 aromatic rings. The van der Waals surface area contributed by atoms with Crippen molar-refractivity contribution in [1.29, 1.82) is 0 Å². The van der Waals surface area contributed by atoms with Crippen LogP contribution in [0.2, 0.25) is 0 Å². The van der Waals surface area contributed by atoms with Gasteiger partial charge in [-0.25, -0.2) is 19.4 Å². The van der Waals surface area contributed by atoms with E-state index in [2.05, 4.69) is 10.6 Å². The minimum Gasteiger partial charge on any atom is -0.313 e. The summed E-state index contributed by atoms with van der Waals surface area (Å²) >= 11 is 0. The summed E-state index contributed by atoms with van der Waals surface area (Å²) in [5, 5.41) is 4.79. The summed E-state index contributed by atoms with van der Waals surface area (Å²) in [6.07, 6.45) is -1.64. The minimum atomic E-state index is -0.818. The van der Waals surface area contributed by atoms with Crippen LogP contribution in [0.15, 0.2) is 0 Å². The Balaban J connectivity index is 2.32. The number of carbonyl (C=O) groups excluding carboxylic acids is 4. The highest BCUT2D eigenvalue weighted by Gasteiger charge is 2.53. The first-order chi connectivity index (χ1) is 7.43. The first-order valence-corrected chi connectivity index (χ1v) is 4.64. The maximum Gasteiger partial charge on any atom is 0.327 e. The molecule has 0 aromatic carbocycles. The Kier molecular flexibility index (Phi) is 2.07. The number of nitrogens with one attached hydrogen (secondary N) is 2. The number of carbonyl (C=O) groups is 4. The molecule has 2 N–H and O–H groups in total. The molecule has 0 unspecified atom stereocenters. The molecule has 8 nitrogen and oxygen atoms in total. The lowest BCUT2D eigenvalue weighted by atomic mass is 10.3. The Bertz CT molecular complexity index is 369. The number of amides is 6. The fourth-order valence-corrected chi connectivity index (χ4v) is 1.89. The molecule has 2 rings (SSSR count). The molecule has 86 valence electrons. The van der Waals surface area contributed by atoms with Crippen LogP contribution in [-0.2, 0) is 9.59 Å². The van der Waals surface area contributed by atoms with Gasteiger partial charge < -0.3 is 10.6 Å². The third-order valence-corrected chi connectivity index (χ3v) is 2.51. The van der Waals surface area contributed by atoms with Gasteiger partial charge in [0.2, 0.25) is 11.8 Å². The average Bonchev–Trinajstić information content (AvgIpc) is 2.55. The van der Waals surface area contributed by atoms with Crippen LogP contribution in [0.4, 0.5) is 9.59 Å². The summed E-state index contributed by atoms with van der Waals surface area (Å²) < 4.78 is 0. The molecule has 6 amide bonds. The monoisotopic (exact) mass is 226 g/mol. The molecule has 0 saturated carbocycles. The van der Waals surface area contributed by atoms with Gasteiger partial charge in [-0.3, -0.25) is 9.59 Å². The lowest BCUT2D eigenvalue weighted by Crippen LogP contribution is -2.45. The second-order valence-electron chi connectivity index (χ2n) is 3.57. The highest BCUT2D eigenvalue weighted by Crippen LogP contribution is 2.21. The number of imide groups is 2. The Morgan fingerprint density at radius 1 is 0.938 bits per heavy atom. The van der Waals surface area contributed by atoms with Crippen molar-refractivity contribution in [3.8, 4) is 0 Å². The zero-order valence-electron chi connectivity index (χ0n) is 8.68. The summed E-state index contributed by atoms with van der Waals surface area (Å²) in [6.45, 7) is 2.43. The van der Waals surface area contributed by atoms with Gasteiger partial charge in [-0.15, -0.1) is 0 Å². The third-order valence-electron chi connectivity index (χ3n) is 2.51. The van der Waals surface area contributed by atoms with Gasteiger partial charge in [-0.2, -0.15) is 0 Å². The highest BCUT2D eigenvalue weighted by atomic mass is 16.2. The van der Waals surface area contributed by atoms with E-state index in [9.17, 15) is 19.2 Å². The van der Waals surface area contributed by atoms with Gasteiger partial charge in [-0.1, -0.05) is 0 Å². The van der Waals surface area contributed by atoms with E-state index in [1.165, 1.54) is 13.8 Å². The Morgan fingerprint density at radius 2 is 1.25 bits per heavy atom. The molecule has 2 aliphatic heterocycles.